The van der Waals surface area contributed by atoms with Crippen LogP contribution >= 0.6 is 0 Å². The minimum Gasteiger partial charge on any atom is -0.467 e. The average Bonchev–Trinajstić information content (AvgIpc) is 3.19. The van der Waals surface area contributed by atoms with Gasteiger partial charge in [0.2, 0.25) is 5.91 Å². The number of benzene rings is 1. The minimum absolute atomic E-state index is 0.104. The molecule has 25 heavy (non-hydrogen) atoms. The number of anilines is 1. The minimum atomic E-state index is -0.140. The summed E-state index contributed by atoms with van der Waals surface area (Å²) in [5, 5.41) is 2.74. The summed E-state index contributed by atoms with van der Waals surface area (Å²) in [4.78, 5) is 28.2. The zero-order valence-corrected chi connectivity index (χ0v) is 14.2. The topological polar surface area (TPSA) is 65.8 Å². The zero-order chi connectivity index (χ0) is 17.4. The zero-order valence-electron chi connectivity index (χ0n) is 14.2. The number of carbonyl (C=O) groups excluding carboxylic acids is 2. The van der Waals surface area contributed by atoms with Crippen LogP contribution in [0.1, 0.15) is 28.6 Å². The van der Waals surface area contributed by atoms with Crippen molar-refractivity contribution in [3.8, 4) is 0 Å². The highest BCUT2D eigenvalue weighted by Crippen LogP contribution is 2.33. The molecule has 1 atom stereocenters. The van der Waals surface area contributed by atoms with Crippen molar-refractivity contribution in [2.24, 2.45) is 0 Å². The lowest BCUT2D eigenvalue weighted by molar-refractivity contribution is -0.123. The van der Waals surface area contributed by atoms with Crippen LogP contribution in [0.4, 0.5) is 5.69 Å². The molecule has 4 rings (SSSR count). The summed E-state index contributed by atoms with van der Waals surface area (Å²) in [5.41, 5.74) is 3.07. The van der Waals surface area contributed by atoms with Gasteiger partial charge in [0.05, 0.1) is 24.9 Å². The summed E-state index contributed by atoms with van der Waals surface area (Å²) in [5.74, 6) is 0.394. The summed E-state index contributed by atoms with van der Waals surface area (Å²) in [6.45, 7) is 3.85. The fourth-order valence-electron chi connectivity index (χ4n) is 3.66. The van der Waals surface area contributed by atoms with Crippen LogP contribution in [0.15, 0.2) is 41.0 Å². The number of carbonyl (C=O) groups is 2. The van der Waals surface area contributed by atoms with Crippen molar-refractivity contribution in [2.75, 3.05) is 24.5 Å². The highest BCUT2D eigenvalue weighted by molar-refractivity contribution is 5.97. The fourth-order valence-corrected chi connectivity index (χ4v) is 3.66. The summed E-state index contributed by atoms with van der Waals surface area (Å²) in [7, 11) is 0. The highest BCUT2D eigenvalue weighted by atomic mass is 16.3. The molecule has 1 saturated heterocycles. The van der Waals surface area contributed by atoms with E-state index in [-0.39, 0.29) is 18.4 Å². The number of hydrogen-bond acceptors (Lipinski definition) is 4. The molecule has 0 radical (unpaired) electrons. The SMILES string of the molecule is C[C@@H]1Cc2ccccc2N1Cc1occc1C(=O)N1CCNC(=O)C1. The van der Waals surface area contributed by atoms with Gasteiger partial charge in [-0.1, -0.05) is 18.2 Å². The number of hydrogen-bond donors (Lipinski definition) is 1. The van der Waals surface area contributed by atoms with Crippen molar-refractivity contribution in [1.29, 1.82) is 0 Å². The lowest BCUT2D eigenvalue weighted by Gasteiger charge is -2.27. The van der Waals surface area contributed by atoms with Gasteiger partial charge in [-0.05, 0) is 31.0 Å². The Hall–Kier alpha value is -2.76. The number of para-hydroxylation sites is 1. The normalized spacial score (nSPS) is 19.7. The molecular formula is C19H21N3O3. The van der Waals surface area contributed by atoms with Crippen molar-refractivity contribution in [2.45, 2.75) is 25.9 Å². The first-order valence-electron chi connectivity index (χ1n) is 8.60. The molecule has 6 nitrogen and oxygen atoms in total. The molecule has 2 aromatic rings. The Morgan fingerprint density at radius 1 is 1.32 bits per heavy atom. The summed E-state index contributed by atoms with van der Waals surface area (Å²) < 4.78 is 5.64. The van der Waals surface area contributed by atoms with Crippen molar-refractivity contribution in [3.63, 3.8) is 0 Å². The predicted octanol–water partition coefficient (Wildman–Crippen LogP) is 1.80. The van der Waals surface area contributed by atoms with E-state index >= 15 is 0 Å². The fraction of sp³-hybridized carbons (Fsp3) is 0.368. The molecule has 1 fully saturated rings. The van der Waals surface area contributed by atoms with Crippen molar-refractivity contribution < 1.29 is 14.0 Å². The third kappa shape index (κ3) is 2.88. The van der Waals surface area contributed by atoms with Crippen LogP contribution in [0, 0.1) is 0 Å². The second-order valence-electron chi connectivity index (χ2n) is 6.64. The summed E-state index contributed by atoms with van der Waals surface area (Å²) >= 11 is 0. The van der Waals surface area contributed by atoms with Gasteiger partial charge in [0, 0.05) is 24.8 Å². The maximum atomic E-state index is 12.8. The van der Waals surface area contributed by atoms with Crippen LogP contribution in [0.2, 0.25) is 0 Å². The number of furan rings is 1. The number of piperazine rings is 1. The Labute approximate surface area is 146 Å². The van der Waals surface area contributed by atoms with E-state index in [0.29, 0.717) is 37.0 Å². The van der Waals surface area contributed by atoms with Gasteiger partial charge in [-0.2, -0.15) is 0 Å². The molecule has 0 saturated carbocycles. The third-order valence-corrected chi connectivity index (χ3v) is 4.96. The van der Waals surface area contributed by atoms with Gasteiger partial charge < -0.3 is 19.5 Å². The third-order valence-electron chi connectivity index (χ3n) is 4.96. The number of fused-ring (bicyclic) bond motifs is 1. The van der Waals surface area contributed by atoms with Gasteiger partial charge in [-0.25, -0.2) is 0 Å². The maximum absolute atomic E-state index is 12.8. The second kappa shape index (κ2) is 6.27. The maximum Gasteiger partial charge on any atom is 0.258 e. The molecule has 0 spiro atoms. The smallest absolute Gasteiger partial charge is 0.258 e. The van der Waals surface area contributed by atoms with E-state index in [0.717, 1.165) is 6.42 Å². The molecule has 2 aliphatic heterocycles. The molecule has 0 unspecified atom stereocenters. The monoisotopic (exact) mass is 339 g/mol. The molecule has 1 aromatic heterocycles. The van der Waals surface area contributed by atoms with Gasteiger partial charge >= 0.3 is 0 Å². The quantitative estimate of drug-likeness (QED) is 0.926. The Morgan fingerprint density at radius 3 is 3.00 bits per heavy atom. The van der Waals surface area contributed by atoms with E-state index in [1.54, 1.807) is 17.2 Å². The van der Waals surface area contributed by atoms with E-state index < -0.39 is 0 Å². The van der Waals surface area contributed by atoms with Crippen LogP contribution in [0.5, 0.6) is 0 Å². The Kier molecular flexibility index (Phi) is 3.95. The van der Waals surface area contributed by atoms with Gasteiger partial charge in [-0.15, -0.1) is 0 Å². The van der Waals surface area contributed by atoms with Crippen LogP contribution in [-0.4, -0.2) is 42.4 Å². The Balaban J connectivity index is 1.56. The van der Waals surface area contributed by atoms with E-state index in [2.05, 4.69) is 35.3 Å². The van der Waals surface area contributed by atoms with Crippen LogP contribution < -0.4 is 10.2 Å². The van der Waals surface area contributed by atoms with Crippen LogP contribution in [0.25, 0.3) is 0 Å². The molecule has 1 aromatic carbocycles. The number of rotatable bonds is 3. The first-order valence-corrected chi connectivity index (χ1v) is 8.60. The average molecular weight is 339 g/mol. The first-order chi connectivity index (χ1) is 12.1. The van der Waals surface area contributed by atoms with Gasteiger partial charge in [-0.3, -0.25) is 9.59 Å². The van der Waals surface area contributed by atoms with Crippen LogP contribution in [0.3, 0.4) is 0 Å². The van der Waals surface area contributed by atoms with Crippen molar-refractivity contribution in [1.82, 2.24) is 10.2 Å². The Bertz CT molecular complexity index is 814. The highest BCUT2D eigenvalue weighted by Gasteiger charge is 2.30. The van der Waals surface area contributed by atoms with Crippen molar-refractivity contribution in [3.05, 3.63) is 53.5 Å². The van der Waals surface area contributed by atoms with Gasteiger partial charge in [0.15, 0.2) is 0 Å². The van der Waals surface area contributed by atoms with E-state index in [9.17, 15) is 9.59 Å². The first kappa shape index (κ1) is 15.7. The number of nitrogens with zero attached hydrogens (tertiary/aromatic N) is 2. The second-order valence-corrected chi connectivity index (χ2v) is 6.64. The summed E-state index contributed by atoms with van der Waals surface area (Å²) in [6, 6.07) is 10.4. The molecule has 2 amide bonds. The Morgan fingerprint density at radius 2 is 2.16 bits per heavy atom. The van der Waals surface area contributed by atoms with Crippen LogP contribution in [-0.2, 0) is 17.8 Å². The van der Waals surface area contributed by atoms with Crippen molar-refractivity contribution >= 4 is 17.5 Å². The standard InChI is InChI=1S/C19H21N3O3/c1-13-10-14-4-2-3-5-16(14)22(13)11-17-15(6-9-25-17)19(24)21-8-7-20-18(23)12-21/h2-6,9,13H,7-8,10-12H2,1H3,(H,20,23)/t13-/m1/s1. The van der Waals surface area contributed by atoms with E-state index in [4.69, 9.17) is 4.42 Å². The molecule has 3 heterocycles. The lowest BCUT2D eigenvalue weighted by Crippen LogP contribution is -2.50. The summed E-state index contributed by atoms with van der Waals surface area (Å²) in [6.07, 6.45) is 2.55. The molecule has 6 heteroatoms. The number of amides is 2. The van der Waals surface area contributed by atoms with E-state index in [1.165, 1.54) is 11.3 Å². The van der Waals surface area contributed by atoms with Gasteiger partial charge in [0.1, 0.15) is 5.76 Å². The largest absolute Gasteiger partial charge is 0.467 e. The molecule has 2 aliphatic rings. The molecule has 0 bridgehead atoms. The molecule has 1 N–H and O–H groups in total. The number of nitrogens with one attached hydrogen (secondary N) is 1. The molecule has 130 valence electrons. The molecular weight excluding hydrogens is 318 g/mol. The van der Waals surface area contributed by atoms with Gasteiger partial charge in [0.25, 0.3) is 5.91 Å². The predicted molar refractivity (Wildman–Crippen MR) is 93.4 cm³/mol. The molecule has 0 aliphatic carbocycles. The lowest BCUT2D eigenvalue weighted by atomic mass is 10.1. The van der Waals surface area contributed by atoms with E-state index in [1.807, 2.05) is 6.07 Å².